The van der Waals surface area contributed by atoms with Crippen LogP contribution in [0.15, 0.2) is 29.2 Å². The molecule has 0 radical (unpaired) electrons. The molecule has 1 heterocycles. The molecule has 7 heteroatoms. The van der Waals surface area contributed by atoms with E-state index in [2.05, 4.69) is 10.6 Å². The van der Waals surface area contributed by atoms with Gasteiger partial charge in [-0.2, -0.15) is 0 Å². The fourth-order valence-corrected chi connectivity index (χ4v) is 3.92. The summed E-state index contributed by atoms with van der Waals surface area (Å²) in [5.74, 6) is -0.627. The largest absolute Gasteiger partial charge is 0.325 e. The summed E-state index contributed by atoms with van der Waals surface area (Å²) in [6, 6.07) is 6.98. The van der Waals surface area contributed by atoms with Crippen molar-refractivity contribution in [2.45, 2.75) is 49.0 Å². The summed E-state index contributed by atoms with van der Waals surface area (Å²) in [5.41, 5.74) is -0.146. The first-order chi connectivity index (χ1) is 12.0. The first-order valence-electron chi connectivity index (χ1n) is 8.62. The van der Waals surface area contributed by atoms with Crippen molar-refractivity contribution in [3.8, 4) is 0 Å². The SMILES string of the molecule is CSc1ccc(NC(=O)CN2C(=O)NC3(CCCCCC3)C2=O)cc1. The maximum atomic E-state index is 12.8. The predicted molar refractivity (Wildman–Crippen MR) is 97.5 cm³/mol. The highest BCUT2D eigenvalue weighted by molar-refractivity contribution is 7.98. The van der Waals surface area contributed by atoms with Gasteiger partial charge in [-0.1, -0.05) is 25.7 Å². The number of hydrogen-bond donors (Lipinski definition) is 2. The van der Waals surface area contributed by atoms with Gasteiger partial charge in [0.2, 0.25) is 5.91 Å². The standard InChI is InChI=1S/C18H23N3O3S/c1-25-14-8-6-13(7-9-14)19-15(22)12-21-16(23)18(20-17(21)24)10-4-2-3-5-11-18/h6-9H,2-5,10-12H2,1H3,(H,19,22)(H,20,24). The van der Waals surface area contributed by atoms with Crippen molar-refractivity contribution in [1.82, 2.24) is 10.2 Å². The van der Waals surface area contributed by atoms with Crippen LogP contribution in [0.1, 0.15) is 38.5 Å². The number of amides is 4. The number of thioether (sulfide) groups is 1. The number of anilines is 1. The summed E-state index contributed by atoms with van der Waals surface area (Å²) in [7, 11) is 0. The van der Waals surface area contributed by atoms with Gasteiger partial charge >= 0.3 is 6.03 Å². The lowest BCUT2D eigenvalue weighted by molar-refractivity contribution is -0.134. The van der Waals surface area contributed by atoms with Crippen LogP contribution < -0.4 is 10.6 Å². The summed E-state index contributed by atoms with van der Waals surface area (Å²) in [5, 5.41) is 5.59. The maximum absolute atomic E-state index is 12.8. The molecule has 134 valence electrons. The second-order valence-corrected chi connectivity index (χ2v) is 7.47. The molecular weight excluding hydrogens is 338 g/mol. The van der Waals surface area contributed by atoms with E-state index in [0.717, 1.165) is 35.5 Å². The number of carbonyl (C=O) groups is 3. The summed E-state index contributed by atoms with van der Waals surface area (Å²) >= 11 is 1.62. The molecule has 1 aromatic rings. The Bertz CT molecular complexity index is 667. The average Bonchev–Trinajstić information content (AvgIpc) is 2.77. The Morgan fingerprint density at radius 2 is 1.80 bits per heavy atom. The molecule has 3 rings (SSSR count). The number of hydrogen-bond acceptors (Lipinski definition) is 4. The molecule has 0 aromatic heterocycles. The number of imide groups is 1. The molecule has 4 amide bonds. The van der Waals surface area contributed by atoms with Gasteiger partial charge in [-0.05, 0) is 43.4 Å². The molecule has 2 fully saturated rings. The van der Waals surface area contributed by atoms with Crippen molar-refractivity contribution in [2.24, 2.45) is 0 Å². The molecule has 0 unspecified atom stereocenters. The number of rotatable bonds is 4. The van der Waals surface area contributed by atoms with Crippen LogP contribution in [0.3, 0.4) is 0 Å². The van der Waals surface area contributed by atoms with Crippen molar-refractivity contribution in [2.75, 3.05) is 18.1 Å². The highest BCUT2D eigenvalue weighted by Crippen LogP contribution is 2.32. The molecule has 0 bridgehead atoms. The molecule has 1 aliphatic carbocycles. The third kappa shape index (κ3) is 3.81. The molecule has 6 nitrogen and oxygen atoms in total. The van der Waals surface area contributed by atoms with E-state index < -0.39 is 11.6 Å². The van der Waals surface area contributed by atoms with Crippen molar-refractivity contribution >= 4 is 35.3 Å². The lowest BCUT2D eigenvalue weighted by atomic mass is 9.90. The summed E-state index contributed by atoms with van der Waals surface area (Å²) < 4.78 is 0. The maximum Gasteiger partial charge on any atom is 0.325 e. The van der Waals surface area contributed by atoms with Crippen molar-refractivity contribution in [3.63, 3.8) is 0 Å². The molecule has 2 N–H and O–H groups in total. The van der Waals surface area contributed by atoms with Crippen LogP contribution in [0.5, 0.6) is 0 Å². The average molecular weight is 361 g/mol. The Morgan fingerprint density at radius 1 is 1.16 bits per heavy atom. The second-order valence-electron chi connectivity index (χ2n) is 6.59. The Balaban J connectivity index is 1.64. The lowest BCUT2D eigenvalue weighted by Gasteiger charge is -2.24. The van der Waals surface area contributed by atoms with E-state index in [-0.39, 0.29) is 18.4 Å². The molecule has 1 spiro atoms. The lowest BCUT2D eigenvalue weighted by Crippen LogP contribution is -2.47. The normalized spacial score (nSPS) is 19.6. The van der Waals surface area contributed by atoms with Crippen LogP contribution in [-0.2, 0) is 9.59 Å². The van der Waals surface area contributed by atoms with E-state index in [0.29, 0.717) is 18.5 Å². The van der Waals surface area contributed by atoms with Gasteiger partial charge in [-0.3, -0.25) is 14.5 Å². The van der Waals surface area contributed by atoms with Crippen LogP contribution in [0.4, 0.5) is 10.5 Å². The van der Waals surface area contributed by atoms with Crippen molar-refractivity contribution in [1.29, 1.82) is 0 Å². The molecule has 0 atom stereocenters. The van der Waals surface area contributed by atoms with E-state index in [1.165, 1.54) is 0 Å². The Labute approximate surface area is 151 Å². The smallest absolute Gasteiger partial charge is 0.325 e. The molecule has 1 aromatic carbocycles. The van der Waals surface area contributed by atoms with E-state index in [1.54, 1.807) is 11.8 Å². The molecule has 1 aliphatic heterocycles. The van der Waals surface area contributed by atoms with E-state index >= 15 is 0 Å². The Morgan fingerprint density at radius 3 is 2.40 bits per heavy atom. The van der Waals surface area contributed by atoms with Gasteiger partial charge in [0.05, 0.1) is 0 Å². The minimum absolute atomic E-state index is 0.253. The fourth-order valence-electron chi connectivity index (χ4n) is 3.51. The molecule has 1 saturated carbocycles. The van der Waals surface area contributed by atoms with Crippen LogP contribution >= 0.6 is 11.8 Å². The van der Waals surface area contributed by atoms with E-state index in [4.69, 9.17) is 0 Å². The second kappa shape index (κ2) is 7.47. The number of nitrogens with one attached hydrogen (secondary N) is 2. The van der Waals surface area contributed by atoms with Gasteiger partial charge in [-0.25, -0.2) is 4.79 Å². The topological polar surface area (TPSA) is 78.5 Å². The minimum Gasteiger partial charge on any atom is -0.325 e. The zero-order chi connectivity index (χ0) is 17.9. The number of benzene rings is 1. The van der Waals surface area contributed by atoms with Gasteiger partial charge < -0.3 is 10.6 Å². The first kappa shape index (κ1) is 17.8. The zero-order valence-electron chi connectivity index (χ0n) is 14.3. The third-order valence-electron chi connectivity index (χ3n) is 4.88. The minimum atomic E-state index is -0.798. The Kier molecular flexibility index (Phi) is 5.32. The monoisotopic (exact) mass is 361 g/mol. The highest BCUT2D eigenvalue weighted by atomic mass is 32.2. The first-order valence-corrected chi connectivity index (χ1v) is 9.84. The van der Waals surface area contributed by atoms with Gasteiger partial charge in [0, 0.05) is 10.6 Å². The van der Waals surface area contributed by atoms with Gasteiger partial charge in [0.15, 0.2) is 0 Å². The quantitative estimate of drug-likeness (QED) is 0.638. The highest BCUT2D eigenvalue weighted by Gasteiger charge is 2.51. The summed E-state index contributed by atoms with van der Waals surface area (Å²) in [6.07, 6.45) is 7.31. The van der Waals surface area contributed by atoms with E-state index in [9.17, 15) is 14.4 Å². The van der Waals surface area contributed by atoms with Crippen LogP contribution in [0.25, 0.3) is 0 Å². The molecule has 2 aliphatic rings. The summed E-state index contributed by atoms with van der Waals surface area (Å²) in [4.78, 5) is 39.4. The van der Waals surface area contributed by atoms with E-state index in [1.807, 2.05) is 30.5 Å². The molecule has 25 heavy (non-hydrogen) atoms. The van der Waals surface area contributed by atoms with Crippen molar-refractivity contribution in [3.05, 3.63) is 24.3 Å². The third-order valence-corrected chi connectivity index (χ3v) is 5.62. The molecular formula is C18H23N3O3S. The molecule has 1 saturated heterocycles. The van der Waals surface area contributed by atoms with Crippen LogP contribution in [0, 0.1) is 0 Å². The van der Waals surface area contributed by atoms with Crippen LogP contribution in [0.2, 0.25) is 0 Å². The number of carbonyl (C=O) groups excluding carboxylic acids is 3. The van der Waals surface area contributed by atoms with Crippen molar-refractivity contribution < 1.29 is 14.4 Å². The number of urea groups is 1. The zero-order valence-corrected chi connectivity index (χ0v) is 15.2. The number of nitrogens with zero attached hydrogens (tertiary/aromatic N) is 1. The fraction of sp³-hybridized carbons (Fsp3) is 0.500. The van der Waals surface area contributed by atoms with Gasteiger partial charge in [0.1, 0.15) is 12.1 Å². The predicted octanol–water partition coefficient (Wildman–Crippen LogP) is 2.99. The summed E-state index contributed by atoms with van der Waals surface area (Å²) in [6.45, 7) is -0.253. The van der Waals surface area contributed by atoms with Crippen LogP contribution in [-0.4, -0.2) is 41.1 Å². The Hall–Kier alpha value is -2.02. The van der Waals surface area contributed by atoms with Gasteiger partial charge in [-0.15, -0.1) is 11.8 Å². The van der Waals surface area contributed by atoms with Gasteiger partial charge in [0.25, 0.3) is 5.91 Å².